The molecule has 2 unspecified atom stereocenters. The Hall–Kier alpha value is 0.117. The van der Waals surface area contributed by atoms with Crippen molar-refractivity contribution in [2.24, 2.45) is 0 Å². The molecular formula is C30H52O2Sn2. The predicted octanol–water partition coefficient (Wildman–Crippen LogP) is 8.33. The van der Waals surface area contributed by atoms with E-state index in [0.717, 1.165) is 12.8 Å². The zero-order valence-electron chi connectivity index (χ0n) is 24.0. The molecule has 1 aliphatic rings. The van der Waals surface area contributed by atoms with E-state index in [0.29, 0.717) is 0 Å². The van der Waals surface area contributed by atoms with Crippen molar-refractivity contribution in [1.29, 1.82) is 0 Å². The summed E-state index contributed by atoms with van der Waals surface area (Å²) >= 11 is -5.27. The first-order valence-corrected chi connectivity index (χ1v) is 33.5. The fourth-order valence-corrected chi connectivity index (χ4v) is 16.0. The molecule has 1 rings (SSSR count). The first-order chi connectivity index (χ1) is 15.9. The second-order valence-electron chi connectivity index (χ2n) is 11.7. The number of rotatable bonds is 12. The molecule has 0 saturated heterocycles. The van der Waals surface area contributed by atoms with Crippen LogP contribution in [0, 0.1) is 23.7 Å². The van der Waals surface area contributed by atoms with E-state index in [9.17, 15) is 0 Å². The summed E-state index contributed by atoms with van der Waals surface area (Å²) in [6.45, 7) is 4.50. The predicted molar refractivity (Wildman–Crippen MR) is 155 cm³/mol. The van der Waals surface area contributed by atoms with Gasteiger partial charge in [-0.3, -0.25) is 0 Å². The maximum absolute atomic E-state index is 6.34. The standard InChI is InChI=1S/C24H34O2.6CH3.2Sn/c1-5-7-9-11-13-15-17-23(25-3)19-21-24(26-4,22-20-23)18-16-14-12-10-8-6-2;;;;;;;;/h19,22H,5-14H2,1-4H3;6*1H3;;. The van der Waals surface area contributed by atoms with Gasteiger partial charge in [0.05, 0.1) is 0 Å². The van der Waals surface area contributed by atoms with Gasteiger partial charge in [0.2, 0.25) is 0 Å². The molecule has 2 nitrogen and oxygen atoms in total. The molecule has 0 amide bonds. The van der Waals surface area contributed by atoms with Crippen molar-refractivity contribution in [3.05, 3.63) is 19.3 Å². The van der Waals surface area contributed by atoms with Gasteiger partial charge in [-0.15, -0.1) is 0 Å². The van der Waals surface area contributed by atoms with Gasteiger partial charge in [-0.25, -0.2) is 0 Å². The summed E-state index contributed by atoms with van der Waals surface area (Å²) < 4.78 is 15.4. The monoisotopic (exact) mass is 684 g/mol. The van der Waals surface area contributed by atoms with E-state index in [2.05, 4.69) is 79.3 Å². The second kappa shape index (κ2) is 14.8. The Kier molecular flexibility index (Phi) is 14.0. The zero-order chi connectivity index (χ0) is 25.9. The Morgan fingerprint density at radius 1 is 0.618 bits per heavy atom. The molecule has 4 heteroatoms. The van der Waals surface area contributed by atoms with Crippen LogP contribution < -0.4 is 0 Å². The number of ether oxygens (including phenoxy) is 2. The van der Waals surface area contributed by atoms with Crippen molar-refractivity contribution in [3.63, 3.8) is 0 Å². The van der Waals surface area contributed by atoms with Gasteiger partial charge >= 0.3 is 222 Å². The Labute approximate surface area is 220 Å². The fraction of sp³-hybridized carbons (Fsp3) is 0.733. The molecule has 0 N–H and O–H groups in total. The minimum atomic E-state index is -2.64. The molecule has 2 atom stereocenters. The molecule has 0 spiro atoms. The average molecular weight is 682 g/mol. The van der Waals surface area contributed by atoms with Crippen LogP contribution in [0.4, 0.5) is 0 Å². The first-order valence-electron chi connectivity index (χ1n) is 13.5. The van der Waals surface area contributed by atoms with Crippen molar-refractivity contribution in [1.82, 2.24) is 0 Å². The van der Waals surface area contributed by atoms with Crippen molar-refractivity contribution in [2.75, 3.05) is 14.2 Å². The van der Waals surface area contributed by atoms with E-state index in [1.54, 1.807) is 0 Å². The topological polar surface area (TPSA) is 18.5 Å². The molecule has 0 aromatic carbocycles. The van der Waals surface area contributed by atoms with Crippen LogP contribution in [0.3, 0.4) is 0 Å². The summed E-state index contributed by atoms with van der Waals surface area (Å²) in [7, 11) is 3.67. The third-order valence-corrected chi connectivity index (χ3v) is 18.8. The molecule has 0 saturated carbocycles. The molecule has 0 aromatic heterocycles. The second-order valence-corrected chi connectivity index (χ2v) is 40.5. The maximum atomic E-state index is 6.34. The fourth-order valence-electron chi connectivity index (χ4n) is 4.64. The zero-order valence-corrected chi connectivity index (χ0v) is 29.8. The molecule has 192 valence electrons. The van der Waals surface area contributed by atoms with Crippen molar-refractivity contribution >= 4 is 36.8 Å². The molecule has 0 bridgehead atoms. The van der Waals surface area contributed by atoms with Crippen molar-refractivity contribution in [2.45, 2.75) is 119 Å². The normalized spacial score (nSPS) is 22.8. The van der Waals surface area contributed by atoms with Crippen LogP contribution in [0.15, 0.2) is 19.3 Å². The average Bonchev–Trinajstić information content (AvgIpc) is 2.77. The quantitative estimate of drug-likeness (QED) is 0.117. The van der Waals surface area contributed by atoms with Crippen molar-refractivity contribution in [3.8, 4) is 23.7 Å². The van der Waals surface area contributed by atoms with E-state index in [-0.39, 0.29) is 0 Å². The van der Waals surface area contributed by atoms with E-state index in [4.69, 9.17) is 9.47 Å². The molecule has 0 aromatic rings. The van der Waals surface area contributed by atoms with E-state index >= 15 is 0 Å². The van der Waals surface area contributed by atoms with Gasteiger partial charge in [0.1, 0.15) is 0 Å². The third kappa shape index (κ3) is 9.21. The Bertz CT molecular complexity index is 750. The molecule has 0 aliphatic heterocycles. The number of hydrogen-bond donors (Lipinski definition) is 0. The van der Waals surface area contributed by atoms with Gasteiger partial charge < -0.3 is 0 Å². The van der Waals surface area contributed by atoms with E-state index in [1.165, 1.54) is 58.5 Å². The van der Waals surface area contributed by atoms with Crippen LogP contribution in [0.5, 0.6) is 0 Å². The van der Waals surface area contributed by atoms with Gasteiger partial charge in [0.15, 0.2) is 0 Å². The van der Waals surface area contributed by atoms with Gasteiger partial charge in [-0.2, -0.15) is 0 Å². The van der Waals surface area contributed by atoms with Gasteiger partial charge in [-0.1, -0.05) is 0 Å². The van der Waals surface area contributed by atoms with E-state index in [1.807, 2.05) is 14.2 Å². The molecule has 0 fully saturated rings. The Morgan fingerprint density at radius 2 is 0.971 bits per heavy atom. The number of unbranched alkanes of at least 4 members (excludes halogenated alkanes) is 8. The van der Waals surface area contributed by atoms with Crippen LogP contribution in [0.1, 0.15) is 78.1 Å². The summed E-state index contributed by atoms with van der Waals surface area (Å²) in [5, 5.41) is 0. The summed E-state index contributed by atoms with van der Waals surface area (Å²) in [6, 6.07) is 0. The van der Waals surface area contributed by atoms with Gasteiger partial charge in [0.25, 0.3) is 0 Å². The molecule has 1 aliphatic carbocycles. The van der Waals surface area contributed by atoms with Gasteiger partial charge in [0, 0.05) is 0 Å². The van der Waals surface area contributed by atoms with E-state index < -0.39 is 48.0 Å². The minimum absolute atomic E-state index is 0.622. The first kappa shape index (κ1) is 32.1. The number of hydrogen-bond acceptors (Lipinski definition) is 2. The van der Waals surface area contributed by atoms with Crippen LogP contribution >= 0.6 is 0 Å². The third-order valence-electron chi connectivity index (χ3n) is 6.61. The number of methoxy groups -OCH3 is 2. The Morgan fingerprint density at radius 3 is 1.24 bits per heavy atom. The molecule has 0 heterocycles. The molecule has 34 heavy (non-hydrogen) atoms. The van der Waals surface area contributed by atoms with Crippen LogP contribution in [0.2, 0.25) is 29.6 Å². The Balaban J connectivity index is 3.55. The summed E-state index contributed by atoms with van der Waals surface area (Å²) in [4.78, 5) is 14.7. The SMILES string of the molecule is CCCCCCC#CC1(OC)C=[C]([Sn]([CH3])([CH3])[CH3])C(C#CCCCCCC)(OC)C=[C]1[Sn]([CH3])([CH3])[CH3]. The van der Waals surface area contributed by atoms with Gasteiger partial charge in [-0.05, 0) is 0 Å². The van der Waals surface area contributed by atoms with Crippen LogP contribution in [0.25, 0.3) is 0 Å². The summed E-state index contributed by atoms with van der Waals surface area (Å²) in [6.07, 6.45) is 16.5. The van der Waals surface area contributed by atoms with Crippen LogP contribution in [-0.4, -0.2) is 62.2 Å². The molecular weight excluding hydrogens is 630 g/mol. The molecule has 0 radical (unpaired) electrons. The summed E-state index contributed by atoms with van der Waals surface area (Å²) in [5.41, 5.74) is -1.24. The van der Waals surface area contributed by atoms with Crippen molar-refractivity contribution < 1.29 is 9.47 Å². The van der Waals surface area contributed by atoms with Crippen LogP contribution in [-0.2, 0) is 9.47 Å². The summed E-state index contributed by atoms with van der Waals surface area (Å²) in [5.74, 6) is 14.3.